The molecular weight excluding hydrogens is 320 g/mol. The number of nitro benzene ring substituents is 1. The van der Waals surface area contributed by atoms with E-state index < -0.39 is 22.5 Å². The van der Waals surface area contributed by atoms with Crippen LogP contribution in [0.1, 0.15) is 20.0 Å². The topological polar surface area (TPSA) is 110 Å². The zero-order chi connectivity index (χ0) is 15.6. The van der Waals surface area contributed by atoms with Gasteiger partial charge in [0, 0.05) is 11.1 Å². The first-order valence-electron chi connectivity index (χ1n) is 5.47. The fourth-order valence-electron chi connectivity index (χ4n) is 1.55. The van der Waals surface area contributed by atoms with Gasteiger partial charge >= 0.3 is 5.97 Å². The molecule has 0 saturated carbocycles. The predicted molar refractivity (Wildman–Crippen MR) is 77.3 cm³/mol. The van der Waals surface area contributed by atoms with Crippen molar-refractivity contribution in [3.8, 4) is 0 Å². The van der Waals surface area contributed by atoms with Crippen LogP contribution in [0.2, 0.25) is 5.02 Å². The monoisotopic (exact) mass is 326 g/mol. The molecule has 2 rings (SSSR count). The van der Waals surface area contributed by atoms with Crippen LogP contribution in [0.25, 0.3) is 0 Å². The standard InChI is InChI=1S/C12H7ClN2O5S/c13-6-1-2-7(8(5-6)15(19)20)11(16)14-10-4-3-9(21-10)12(17)18/h1-5H,(H,14,16)(H,17,18). The second-order valence-corrected chi connectivity index (χ2v) is 5.36. The number of nitro groups is 1. The Kier molecular flexibility index (Phi) is 4.20. The Morgan fingerprint density at radius 3 is 2.57 bits per heavy atom. The van der Waals surface area contributed by atoms with Gasteiger partial charge in [0.2, 0.25) is 0 Å². The SMILES string of the molecule is O=C(O)c1ccc(NC(=O)c2ccc(Cl)cc2[N+](=O)[O-])s1. The van der Waals surface area contributed by atoms with Crippen molar-refractivity contribution >= 4 is 45.5 Å². The van der Waals surface area contributed by atoms with Crippen LogP contribution >= 0.6 is 22.9 Å². The molecule has 0 aliphatic carbocycles. The van der Waals surface area contributed by atoms with E-state index in [0.29, 0.717) is 0 Å². The van der Waals surface area contributed by atoms with Gasteiger partial charge < -0.3 is 10.4 Å². The van der Waals surface area contributed by atoms with Crippen LogP contribution in [-0.4, -0.2) is 21.9 Å². The van der Waals surface area contributed by atoms with E-state index in [1.165, 1.54) is 24.3 Å². The number of aromatic carboxylic acids is 1. The number of thiophene rings is 1. The lowest BCUT2D eigenvalue weighted by Gasteiger charge is -2.04. The lowest BCUT2D eigenvalue weighted by atomic mass is 10.1. The van der Waals surface area contributed by atoms with Crippen molar-refractivity contribution in [2.75, 3.05) is 5.32 Å². The molecule has 0 fully saturated rings. The highest BCUT2D eigenvalue weighted by atomic mass is 35.5. The number of amides is 1. The van der Waals surface area contributed by atoms with Gasteiger partial charge in [0.1, 0.15) is 10.4 Å². The molecule has 1 heterocycles. The van der Waals surface area contributed by atoms with E-state index in [1.807, 2.05) is 0 Å². The van der Waals surface area contributed by atoms with Crippen LogP contribution in [0.5, 0.6) is 0 Å². The third-order valence-electron chi connectivity index (χ3n) is 2.45. The van der Waals surface area contributed by atoms with Crippen molar-refractivity contribution in [3.05, 3.63) is 55.9 Å². The molecule has 2 N–H and O–H groups in total. The summed E-state index contributed by atoms with van der Waals surface area (Å²) < 4.78 is 0. The summed E-state index contributed by atoms with van der Waals surface area (Å²) in [6, 6.07) is 6.42. The molecule has 2 aromatic rings. The molecule has 0 spiro atoms. The number of halogens is 1. The van der Waals surface area contributed by atoms with Gasteiger partial charge in [0.05, 0.1) is 9.92 Å². The van der Waals surface area contributed by atoms with E-state index >= 15 is 0 Å². The largest absolute Gasteiger partial charge is 0.477 e. The Morgan fingerprint density at radius 2 is 2.00 bits per heavy atom. The van der Waals surface area contributed by atoms with E-state index in [9.17, 15) is 19.7 Å². The Bertz CT molecular complexity index is 743. The molecule has 0 aliphatic rings. The van der Waals surface area contributed by atoms with Crippen LogP contribution < -0.4 is 5.32 Å². The average molecular weight is 327 g/mol. The molecular formula is C12H7ClN2O5S. The summed E-state index contributed by atoms with van der Waals surface area (Å²) in [7, 11) is 0. The maximum absolute atomic E-state index is 12.0. The number of nitrogens with zero attached hydrogens (tertiary/aromatic N) is 1. The quantitative estimate of drug-likeness (QED) is 0.662. The van der Waals surface area contributed by atoms with Crippen LogP contribution in [0.3, 0.4) is 0 Å². The second kappa shape index (κ2) is 5.90. The summed E-state index contributed by atoms with van der Waals surface area (Å²) in [5.74, 6) is -1.82. The molecule has 1 aromatic carbocycles. The summed E-state index contributed by atoms with van der Waals surface area (Å²) in [5.41, 5.74) is -0.579. The number of carboxylic acids is 1. The summed E-state index contributed by atoms with van der Waals surface area (Å²) in [6.07, 6.45) is 0. The molecule has 21 heavy (non-hydrogen) atoms. The summed E-state index contributed by atoms with van der Waals surface area (Å²) in [6.45, 7) is 0. The van der Waals surface area contributed by atoms with Crippen LogP contribution in [0.15, 0.2) is 30.3 Å². The van der Waals surface area contributed by atoms with Crippen molar-refractivity contribution in [2.24, 2.45) is 0 Å². The zero-order valence-electron chi connectivity index (χ0n) is 10.2. The van der Waals surface area contributed by atoms with E-state index in [0.717, 1.165) is 17.4 Å². The van der Waals surface area contributed by atoms with E-state index in [-0.39, 0.29) is 20.5 Å². The number of nitrogens with one attached hydrogen (secondary N) is 1. The number of rotatable bonds is 4. The van der Waals surface area contributed by atoms with Crippen molar-refractivity contribution in [2.45, 2.75) is 0 Å². The van der Waals surface area contributed by atoms with Gasteiger partial charge in [0.15, 0.2) is 0 Å². The van der Waals surface area contributed by atoms with Crippen LogP contribution in [0.4, 0.5) is 10.7 Å². The number of carbonyl (C=O) groups excluding carboxylic acids is 1. The third-order valence-corrected chi connectivity index (χ3v) is 3.68. The first-order chi connectivity index (χ1) is 9.88. The highest BCUT2D eigenvalue weighted by Gasteiger charge is 2.21. The summed E-state index contributed by atoms with van der Waals surface area (Å²) in [5, 5.41) is 22.5. The smallest absolute Gasteiger partial charge is 0.345 e. The normalized spacial score (nSPS) is 10.1. The molecule has 108 valence electrons. The lowest BCUT2D eigenvalue weighted by molar-refractivity contribution is -0.385. The van der Waals surface area contributed by atoms with Gasteiger partial charge in [-0.25, -0.2) is 4.79 Å². The molecule has 0 atom stereocenters. The number of anilines is 1. The molecule has 1 amide bonds. The van der Waals surface area contributed by atoms with Crippen molar-refractivity contribution in [3.63, 3.8) is 0 Å². The first kappa shape index (κ1) is 14.9. The Balaban J connectivity index is 2.27. The highest BCUT2D eigenvalue weighted by molar-refractivity contribution is 7.18. The Hall–Kier alpha value is -2.45. The van der Waals surface area contributed by atoms with E-state index in [4.69, 9.17) is 16.7 Å². The van der Waals surface area contributed by atoms with Gasteiger partial charge in [-0.1, -0.05) is 11.6 Å². The van der Waals surface area contributed by atoms with Crippen LogP contribution in [-0.2, 0) is 0 Å². The molecule has 7 nitrogen and oxygen atoms in total. The lowest BCUT2D eigenvalue weighted by Crippen LogP contribution is -2.13. The van der Waals surface area contributed by atoms with Crippen molar-refractivity contribution in [1.29, 1.82) is 0 Å². The average Bonchev–Trinajstić information content (AvgIpc) is 2.87. The number of benzene rings is 1. The molecule has 0 aliphatic heterocycles. The van der Waals surface area contributed by atoms with Crippen molar-refractivity contribution < 1.29 is 19.6 Å². The minimum Gasteiger partial charge on any atom is -0.477 e. The van der Waals surface area contributed by atoms with E-state index in [2.05, 4.69) is 5.32 Å². The number of hydrogen-bond acceptors (Lipinski definition) is 5. The maximum Gasteiger partial charge on any atom is 0.345 e. The minimum absolute atomic E-state index is 0.0518. The van der Waals surface area contributed by atoms with Gasteiger partial charge in [0.25, 0.3) is 11.6 Å². The predicted octanol–water partition coefficient (Wildman–Crippen LogP) is 3.26. The van der Waals surface area contributed by atoms with Crippen molar-refractivity contribution in [1.82, 2.24) is 0 Å². The maximum atomic E-state index is 12.0. The fourth-order valence-corrected chi connectivity index (χ4v) is 2.45. The molecule has 0 radical (unpaired) electrons. The fraction of sp³-hybridized carbons (Fsp3) is 0. The van der Waals surface area contributed by atoms with Gasteiger partial charge in [-0.2, -0.15) is 0 Å². The molecule has 0 saturated heterocycles. The van der Waals surface area contributed by atoms with Crippen LogP contribution in [0, 0.1) is 10.1 Å². The number of hydrogen-bond donors (Lipinski definition) is 2. The van der Waals surface area contributed by atoms with Gasteiger partial charge in [-0.3, -0.25) is 14.9 Å². The van der Waals surface area contributed by atoms with Gasteiger partial charge in [-0.05, 0) is 24.3 Å². The summed E-state index contributed by atoms with van der Waals surface area (Å²) in [4.78, 5) is 33.0. The third kappa shape index (κ3) is 3.36. The van der Waals surface area contributed by atoms with Gasteiger partial charge in [-0.15, -0.1) is 11.3 Å². The summed E-state index contributed by atoms with van der Waals surface area (Å²) >= 11 is 6.52. The number of carbonyl (C=O) groups is 2. The number of carboxylic acid groups (broad SMARTS) is 1. The minimum atomic E-state index is -1.11. The Morgan fingerprint density at radius 1 is 1.29 bits per heavy atom. The highest BCUT2D eigenvalue weighted by Crippen LogP contribution is 2.26. The molecule has 0 unspecified atom stereocenters. The zero-order valence-corrected chi connectivity index (χ0v) is 11.8. The molecule has 1 aromatic heterocycles. The molecule has 0 bridgehead atoms. The van der Waals surface area contributed by atoms with E-state index in [1.54, 1.807) is 0 Å². The Labute approximate surface area is 126 Å². The first-order valence-corrected chi connectivity index (χ1v) is 6.66. The molecule has 9 heteroatoms. The second-order valence-electron chi connectivity index (χ2n) is 3.84.